The lowest BCUT2D eigenvalue weighted by molar-refractivity contribution is 0.0957. The van der Waals surface area contributed by atoms with Crippen molar-refractivity contribution in [2.75, 3.05) is 23.7 Å². The van der Waals surface area contributed by atoms with Crippen molar-refractivity contribution in [3.8, 4) is 0 Å². The second kappa shape index (κ2) is 11.6. The fourth-order valence-electron chi connectivity index (χ4n) is 5.70. The molecule has 0 aromatic heterocycles. The van der Waals surface area contributed by atoms with Crippen molar-refractivity contribution < 1.29 is 22.8 Å². The van der Waals surface area contributed by atoms with Gasteiger partial charge in [0, 0.05) is 23.5 Å². The van der Waals surface area contributed by atoms with Crippen molar-refractivity contribution in [2.45, 2.75) is 29.8 Å². The maximum atomic E-state index is 13.5. The number of hydrogen-bond donors (Lipinski definition) is 3. The first-order chi connectivity index (χ1) is 21.1. The number of sulfonamides is 1. The molecule has 0 saturated carbocycles. The Kier molecular flexibility index (Phi) is 7.66. The summed E-state index contributed by atoms with van der Waals surface area (Å²) in [7, 11) is -4.13. The number of rotatable bonds is 8. The minimum Gasteiger partial charge on any atom is -0.398 e. The molecular weight excluding hydrogens is 578 g/mol. The molecule has 10 nitrogen and oxygen atoms in total. The third-order valence-electron chi connectivity index (χ3n) is 8.06. The third kappa shape index (κ3) is 5.43. The van der Waals surface area contributed by atoms with Gasteiger partial charge in [-0.1, -0.05) is 66.7 Å². The standard InChI is InChI=1S/C33H31N5O5S/c34-27-19-24(31(39)28(35)17-21-7-3-1-4-8-21)11-13-26(27)32(40)37-16-15-23-18-25(12-14-30(23)37)44(42,43)38-20-29(36-33(38)41)22-9-5-2-6-10-22/h1-14,18-19,28-29H,15-17,20,34-35H2,(H,36,41)/t28?,29-/m1/s1. The Bertz CT molecular complexity index is 1860. The largest absolute Gasteiger partial charge is 0.398 e. The van der Waals surface area contributed by atoms with Crippen LogP contribution in [0.2, 0.25) is 0 Å². The number of carbonyl (C=O) groups is 3. The van der Waals surface area contributed by atoms with Crippen molar-refractivity contribution in [3.05, 3.63) is 125 Å². The van der Waals surface area contributed by atoms with E-state index in [0.29, 0.717) is 36.2 Å². The van der Waals surface area contributed by atoms with Gasteiger partial charge in [-0.05, 0) is 59.9 Å². The van der Waals surface area contributed by atoms with E-state index in [1.165, 1.54) is 29.2 Å². The van der Waals surface area contributed by atoms with Crippen LogP contribution in [0.5, 0.6) is 0 Å². The number of Topliss-reactive ketones (excluding diaryl/α,β-unsaturated/α-hetero) is 1. The monoisotopic (exact) mass is 609 g/mol. The van der Waals surface area contributed by atoms with Crippen LogP contribution >= 0.6 is 0 Å². The van der Waals surface area contributed by atoms with E-state index >= 15 is 0 Å². The van der Waals surface area contributed by atoms with E-state index in [9.17, 15) is 22.8 Å². The number of nitrogens with two attached hydrogens (primary N) is 2. The van der Waals surface area contributed by atoms with Crippen LogP contribution in [0.4, 0.5) is 16.2 Å². The molecule has 2 atom stereocenters. The third-order valence-corrected chi connectivity index (χ3v) is 9.80. The highest BCUT2D eigenvalue weighted by Gasteiger charge is 2.39. The molecule has 0 bridgehead atoms. The predicted molar refractivity (Wildman–Crippen MR) is 167 cm³/mol. The van der Waals surface area contributed by atoms with E-state index in [1.54, 1.807) is 12.1 Å². The highest BCUT2D eigenvalue weighted by atomic mass is 32.2. The van der Waals surface area contributed by atoms with Crippen LogP contribution in [-0.2, 0) is 22.9 Å². The molecule has 2 heterocycles. The summed E-state index contributed by atoms with van der Waals surface area (Å²) in [6, 6.07) is 25.8. The maximum absolute atomic E-state index is 13.5. The fourth-order valence-corrected chi connectivity index (χ4v) is 7.11. The summed E-state index contributed by atoms with van der Waals surface area (Å²) in [6.07, 6.45) is 0.798. The lowest BCUT2D eigenvalue weighted by atomic mass is 9.97. The number of nitrogen functional groups attached to an aromatic ring is 1. The van der Waals surface area contributed by atoms with Gasteiger partial charge in [-0.15, -0.1) is 0 Å². The summed E-state index contributed by atoms with van der Waals surface area (Å²) in [6.45, 7) is 0.293. The Labute approximate surface area is 255 Å². The number of fused-ring (bicyclic) bond motifs is 1. The van der Waals surface area contributed by atoms with Crippen molar-refractivity contribution in [1.82, 2.24) is 9.62 Å². The van der Waals surface area contributed by atoms with Crippen LogP contribution in [0.15, 0.2) is 102 Å². The first-order valence-electron chi connectivity index (χ1n) is 14.2. The van der Waals surface area contributed by atoms with Gasteiger partial charge in [-0.3, -0.25) is 9.59 Å². The molecular formula is C33H31N5O5S. The van der Waals surface area contributed by atoms with Gasteiger partial charge in [-0.2, -0.15) is 0 Å². The molecule has 3 amide bonds. The molecule has 4 aromatic carbocycles. The predicted octanol–water partition coefficient (Wildman–Crippen LogP) is 3.68. The highest BCUT2D eigenvalue weighted by molar-refractivity contribution is 7.89. The Balaban J connectivity index is 1.17. The molecule has 1 fully saturated rings. The summed E-state index contributed by atoms with van der Waals surface area (Å²) in [5, 5.41) is 2.74. The van der Waals surface area contributed by atoms with Gasteiger partial charge >= 0.3 is 6.03 Å². The van der Waals surface area contributed by atoms with Gasteiger partial charge < -0.3 is 21.7 Å². The molecule has 2 aliphatic rings. The topological polar surface area (TPSA) is 156 Å². The molecule has 0 spiro atoms. The lowest BCUT2D eigenvalue weighted by Crippen LogP contribution is -2.34. The van der Waals surface area contributed by atoms with E-state index in [0.717, 1.165) is 15.4 Å². The molecule has 6 rings (SSSR count). The molecule has 1 saturated heterocycles. The SMILES string of the molecule is Nc1cc(C(=O)C(N)Cc2ccccc2)ccc1C(=O)N1CCc2cc(S(=O)(=O)N3C[C@H](c4ccccc4)NC3=O)ccc21. The summed E-state index contributed by atoms with van der Waals surface area (Å²) in [5.74, 6) is -0.643. The number of ketones is 1. The quantitative estimate of drug-likeness (QED) is 0.203. The van der Waals surface area contributed by atoms with E-state index in [1.807, 2.05) is 60.7 Å². The lowest BCUT2D eigenvalue weighted by Gasteiger charge is -2.20. The highest BCUT2D eigenvalue weighted by Crippen LogP contribution is 2.34. The zero-order valence-electron chi connectivity index (χ0n) is 23.7. The minimum absolute atomic E-state index is 0.0244. The molecule has 2 aliphatic heterocycles. The van der Waals surface area contributed by atoms with Crippen LogP contribution in [0.1, 0.15) is 43.4 Å². The number of nitrogens with zero attached hydrogens (tertiary/aromatic N) is 2. The Morgan fingerprint density at radius 2 is 1.64 bits per heavy atom. The zero-order valence-corrected chi connectivity index (χ0v) is 24.5. The van der Waals surface area contributed by atoms with Gasteiger partial charge in [0.05, 0.1) is 29.1 Å². The van der Waals surface area contributed by atoms with Crippen LogP contribution in [-0.4, -0.2) is 49.6 Å². The number of amides is 3. The number of anilines is 2. The van der Waals surface area contributed by atoms with Crippen molar-refractivity contribution >= 4 is 39.1 Å². The zero-order chi connectivity index (χ0) is 31.0. The molecule has 0 aliphatic carbocycles. The fraction of sp³-hybridized carbons (Fsp3) is 0.182. The summed E-state index contributed by atoms with van der Waals surface area (Å²) >= 11 is 0. The molecule has 11 heteroatoms. The maximum Gasteiger partial charge on any atom is 0.331 e. The summed E-state index contributed by atoms with van der Waals surface area (Å²) in [5.41, 5.74) is 16.1. The molecule has 5 N–H and O–H groups in total. The van der Waals surface area contributed by atoms with Crippen LogP contribution in [0.25, 0.3) is 0 Å². The Morgan fingerprint density at radius 1 is 0.932 bits per heavy atom. The van der Waals surface area contributed by atoms with Gasteiger partial charge in [-0.25, -0.2) is 17.5 Å². The molecule has 0 radical (unpaired) electrons. The smallest absolute Gasteiger partial charge is 0.331 e. The van der Waals surface area contributed by atoms with Crippen LogP contribution in [0, 0.1) is 0 Å². The first kappa shape index (κ1) is 29.1. The number of carbonyl (C=O) groups excluding carboxylic acids is 3. The van der Waals surface area contributed by atoms with Gasteiger partial charge in [0.1, 0.15) is 0 Å². The first-order valence-corrected chi connectivity index (χ1v) is 15.6. The van der Waals surface area contributed by atoms with Crippen LogP contribution < -0.4 is 21.7 Å². The van der Waals surface area contributed by atoms with Crippen molar-refractivity contribution in [1.29, 1.82) is 0 Å². The Hall–Kier alpha value is -5.00. The molecule has 4 aromatic rings. The van der Waals surface area contributed by atoms with Crippen molar-refractivity contribution in [2.24, 2.45) is 5.73 Å². The molecule has 224 valence electrons. The molecule has 44 heavy (non-hydrogen) atoms. The van der Waals surface area contributed by atoms with E-state index in [2.05, 4.69) is 5.32 Å². The second-order valence-electron chi connectivity index (χ2n) is 10.9. The average Bonchev–Trinajstić information content (AvgIpc) is 3.65. The number of urea groups is 1. The number of benzene rings is 4. The minimum atomic E-state index is -4.13. The average molecular weight is 610 g/mol. The van der Waals surface area contributed by atoms with Gasteiger partial charge in [0.25, 0.3) is 15.9 Å². The Morgan fingerprint density at radius 3 is 2.34 bits per heavy atom. The van der Waals surface area contributed by atoms with Crippen LogP contribution in [0.3, 0.4) is 0 Å². The summed E-state index contributed by atoms with van der Waals surface area (Å²) in [4.78, 5) is 40.7. The number of hydrogen-bond acceptors (Lipinski definition) is 7. The number of nitrogens with one attached hydrogen (secondary N) is 1. The second-order valence-corrected chi connectivity index (χ2v) is 12.8. The van der Waals surface area contributed by atoms with E-state index in [4.69, 9.17) is 11.5 Å². The van der Waals surface area contributed by atoms with E-state index in [-0.39, 0.29) is 34.4 Å². The molecule has 1 unspecified atom stereocenters. The van der Waals surface area contributed by atoms with E-state index < -0.39 is 28.1 Å². The van der Waals surface area contributed by atoms with Gasteiger partial charge in [0.15, 0.2) is 5.78 Å². The normalized spacial score (nSPS) is 16.8. The van der Waals surface area contributed by atoms with Gasteiger partial charge in [0.2, 0.25) is 0 Å². The van der Waals surface area contributed by atoms with Crippen molar-refractivity contribution in [3.63, 3.8) is 0 Å². The summed E-state index contributed by atoms with van der Waals surface area (Å²) < 4.78 is 27.8.